The van der Waals surface area contributed by atoms with Crippen molar-refractivity contribution in [3.8, 4) is 0 Å². The molecule has 0 saturated carbocycles. The van der Waals surface area contributed by atoms with Crippen molar-refractivity contribution >= 4 is 0 Å². The smallest absolute Gasteiger partial charge is 0.0927 e. The fourth-order valence-corrected chi connectivity index (χ4v) is 4.42. The molecule has 0 aromatic heterocycles. The van der Waals surface area contributed by atoms with Gasteiger partial charge in [0.25, 0.3) is 0 Å². The summed E-state index contributed by atoms with van der Waals surface area (Å²) in [5.41, 5.74) is 2.51. The number of hydrogen-bond donors (Lipinski definition) is 0. The van der Waals surface area contributed by atoms with Crippen LogP contribution in [-0.4, -0.2) is 17.3 Å². The van der Waals surface area contributed by atoms with Gasteiger partial charge in [-0.3, -0.25) is 0 Å². The zero-order valence-corrected chi connectivity index (χ0v) is 14.0. The number of aryl methyl sites for hydroxylation is 1. The number of rotatable bonds is 4. The first kappa shape index (κ1) is 15.1. The minimum Gasteiger partial charge on any atom is -0.370 e. The third-order valence-corrected chi connectivity index (χ3v) is 5.83. The van der Waals surface area contributed by atoms with Crippen LogP contribution in [0.3, 0.4) is 0 Å². The van der Waals surface area contributed by atoms with Crippen LogP contribution in [0.2, 0.25) is 0 Å². The Kier molecular flexibility index (Phi) is 3.66. The van der Waals surface area contributed by atoms with Gasteiger partial charge in [-0.2, -0.15) is 0 Å². The number of hydrogen-bond acceptors (Lipinski definition) is 2. The van der Waals surface area contributed by atoms with Gasteiger partial charge in [0.2, 0.25) is 0 Å². The Morgan fingerprint density at radius 2 is 2.00 bits per heavy atom. The quantitative estimate of drug-likeness (QED) is 0.812. The zero-order valence-electron chi connectivity index (χ0n) is 14.0. The van der Waals surface area contributed by atoms with Gasteiger partial charge in [-0.05, 0) is 43.2 Å². The Hall–Kier alpha value is -0.860. The van der Waals surface area contributed by atoms with Gasteiger partial charge in [0, 0.05) is 6.42 Å². The standard InChI is InChI=1S/C19H28O2/c1-13(2)19-11-17(18(5,21-19)10-15(19)4)20-12-16-9-7-6-8-14(16)3/h6-9,13,15,17H,10-12H2,1-5H3/t15?,17-,18+,19-/m1/s1. The van der Waals surface area contributed by atoms with Crippen molar-refractivity contribution in [3.63, 3.8) is 0 Å². The van der Waals surface area contributed by atoms with Crippen LogP contribution >= 0.6 is 0 Å². The van der Waals surface area contributed by atoms with E-state index in [1.807, 2.05) is 0 Å². The van der Waals surface area contributed by atoms with E-state index in [1.165, 1.54) is 11.1 Å². The molecule has 1 aromatic carbocycles. The van der Waals surface area contributed by atoms with Crippen molar-refractivity contribution in [3.05, 3.63) is 35.4 Å². The van der Waals surface area contributed by atoms with Crippen molar-refractivity contribution in [2.75, 3.05) is 0 Å². The van der Waals surface area contributed by atoms with Crippen LogP contribution in [-0.2, 0) is 16.1 Å². The summed E-state index contributed by atoms with van der Waals surface area (Å²) in [5, 5.41) is 0. The van der Waals surface area contributed by atoms with Crippen molar-refractivity contribution < 1.29 is 9.47 Å². The summed E-state index contributed by atoms with van der Waals surface area (Å²) in [4.78, 5) is 0. The average Bonchev–Trinajstić information content (AvgIpc) is 2.86. The van der Waals surface area contributed by atoms with E-state index in [4.69, 9.17) is 9.47 Å². The SMILES string of the molecule is Cc1ccccc1CO[C@@H]1C[C@]2(C(C)C)O[C@@]1(C)CC2C. The molecule has 2 heterocycles. The third kappa shape index (κ3) is 2.33. The predicted molar refractivity (Wildman–Crippen MR) is 85.2 cm³/mol. The van der Waals surface area contributed by atoms with Crippen LogP contribution in [0, 0.1) is 18.8 Å². The van der Waals surface area contributed by atoms with Crippen LogP contribution in [0.5, 0.6) is 0 Å². The predicted octanol–water partition coefficient (Wildman–Crippen LogP) is 4.49. The van der Waals surface area contributed by atoms with Crippen LogP contribution in [0.15, 0.2) is 24.3 Å². The summed E-state index contributed by atoms with van der Waals surface area (Å²) in [5.74, 6) is 1.17. The fourth-order valence-electron chi connectivity index (χ4n) is 4.42. The van der Waals surface area contributed by atoms with Gasteiger partial charge in [0.15, 0.2) is 0 Å². The summed E-state index contributed by atoms with van der Waals surface area (Å²) in [6.45, 7) is 12.0. The maximum absolute atomic E-state index is 6.53. The Morgan fingerprint density at radius 1 is 1.29 bits per heavy atom. The molecule has 3 rings (SSSR count). The highest BCUT2D eigenvalue weighted by molar-refractivity contribution is 5.25. The Bertz CT molecular complexity index is 524. The van der Waals surface area contributed by atoms with E-state index in [-0.39, 0.29) is 17.3 Å². The monoisotopic (exact) mass is 288 g/mol. The second-order valence-electron chi connectivity index (χ2n) is 7.56. The largest absolute Gasteiger partial charge is 0.370 e. The summed E-state index contributed by atoms with van der Waals surface area (Å²) in [7, 11) is 0. The molecular weight excluding hydrogens is 260 g/mol. The van der Waals surface area contributed by atoms with E-state index in [2.05, 4.69) is 58.9 Å². The Morgan fingerprint density at radius 3 is 2.62 bits per heavy atom. The molecular formula is C19H28O2. The molecule has 2 aliphatic rings. The number of ether oxygens (including phenoxy) is 2. The zero-order chi connectivity index (χ0) is 15.3. The van der Waals surface area contributed by atoms with Crippen molar-refractivity contribution in [1.29, 1.82) is 0 Å². The van der Waals surface area contributed by atoms with Crippen LogP contribution in [0.4, 0.5) is 0 Å². The van der Waals surface area contributed by atoms with Gasteiger partial charge in [-0.1, -0.05) is 45.0 Å². The molecule has 0 radical (unpaired) electrons. The first-order chi connectivity index (χ1) is 9.87. The maximum atomic E-state index is 6.53. The van der Waals surface area contributed by atoms with E-state index in [1.54, 1.807) is 0 Å². The van der Waals surface area contributed by atoms with Gasteiger partial charge < -0.3 is 9.47 Å². The van der Waals surface area contributed by atoms with Crippen molar-refractivity contribution in [1.82, 2.24) is 0 Å². The van der Waals surface area contributed by atoms with Gasteiger partial charge in [-0.15, -0.1) is 0 Å². The average molecular weight is 288 g/mol. The molecule has 21 heavy (non-hydrogen) atoms. The van der Waals surface area contributed by atoms with Gasteiger partial charge >= 0.3 is 0 Å². The molecule has 2 saturated heterocycles. The van der Waals surface area contributed by atoms with E-state index >= 15 is 0 Å². The lowest BCUT2D eigenvalue weighted by Crippen LogP contribution is -2.43. The molecule has 4 atom stereocenters. The van der Waals surface area contributed by atoms with Gasteiger partial charge in [-0.25, -0.2) is 0 Å². The molecule has 2 aliphatic heterocycles. The van der Waals surface area contributed by atoms with E-state index < -0.39 is 0 Å². The maximum Gasteiger partial charge on any atom is 0.0927 e. The van der Waals surface area contributed by atoms with E-state index in [0.29, 0.717) is 18.4 Å². The highest BCUT2D eigenvalue weighted by Gasteiger charge is 2.64. The molecule has 0 N–H and O–H groups in total. The molecule has 0 amide bonds. The Balaban J connectivity index is 1.73. The minimum atomic E-state index is -0.105. The highest BCUT2D eigenvalue weighted by atomic mass is 16.6. The topological polar surface area (TPSA) is 18.5 Å². The van der Waals surface area contributed by atoms with Crippen LogP contribution in [0.25, 0.3) is 0 Å². The molecule has 2 fully saturated rings. The number of benzene rings is 1. The van der Waals surface area contributed by atoms with Crippen LogP contribution in [0.1, 0.15) is 51.7 Å². The molecule has 1 unspecified atom stereocenters. The second kappa shape index (κ2) is 5.10. The summed E-state index contributed by atoms with van der Waals surface area (Å²) < 4.78 is 12.8. The normalized spacial score (nSPS) is 38.4. The lowest BCUT2D eigenvalue weighted by Gasteiger charge is -2.36. The highest BCUT2D eigenvalue weighted by Crippen LogP contribution is 2.58. The molecule has 2 bridgehead atoms. The molecule has 2 nitrogen and oxygen atoms in total. The minimum absolute atomic E-state index is 0.0190. The first-order valence-electron chi connectivity index (χ1n) is 8.24. The molecule has 0 aliphatic carbocycles. The number of fused-ring (bicyclic) bond motifs is 2. The molecule has 2 heteroatoms. The first-order valence-corrected chi connectivity index (χ1v) is 8.24. The van der Waals surface area contributed by atoms with E-state index in [9.17, 15) is 0 Å². The van der Waals surface area contributed by atoms with E-state index in [0.717, 1.165) is 12.8 Å². The summed E-state index contributed by atoms with van der Waals surface area (Å²) >= 11 is 0. The van der Waals surface area contributed by atoms with Crippen molar-refractivity contribution in [2.45, 2.75) is 71.4 Å². The molecule has 1 aromatic rings. The van der Waals surface area contributed by atoms with Gasteiger partial charge in [0.1, 0.15) is 0 Å². The second-order valence-corrected chi connectivity index (χ2v) is 7.56. The van der Waals surface area contributed by atoms with Crippen LogP contribution < -0.4 is 0 Å². The lowest BCUT2D eigenvalue weighted by atomic mass is 9.69. The molecule has 116 valence electrons. The fraction of sp³-hybridized carbons (Fsp3) is 0.684. The summed E-state index contributed by atoms with van der Waals surface area (Å²) in [6.07, 6.45) is 2.37. The van der Waals surface area contributed by atoms with Gasteiger partial charge in [0.05, 0.1) is 23.9 Å². The third-order valence-electron chi connectivity index (χ3n) is 5.83. The van der Waals surface area contributed by atoms with Crippen molar-refractivity contribution in [2.24, 2.45) is 11.8 Å². The lowest BCUT2D eigenvalue weighted by molar-refractivity contribution is -0.0991. The summed E-state index contributed by atoms with van der Waals surface area (Å²) in [6, 6.07) is 8.47. The molecule has 0 spiro atoms. The Labute approximate surface area is 128 Å².